The molecule has 0 aliphatic carbocycles. The molecule has 0 radical (unpaired) electrons. The van der Waals surface area contributed by atoms with E-state index in [4.69, 9.17) is 4.74 Å². The van der Waals surface area contributed by atoms with Gasteiger partial charge in [0.15, 0.2) is 0 Å². The number of pyridine rings is 1. The predicted molar refractivity (Wildman–Crippen MR) is 93.6 cm³/mol. The van der Waals surface area contributed by atoms with Crippen LogP contribution in [0.25, 0.3) is 5.65 Å². The summed E-state index contributed by atoms with van der Waals surface area (Å²) in [5, 5.41) is 3.00. The molecule has 1 aliphatic heterocycles. The van der Waals surface area contributed by atoms with Crippen LogP contribution in [0, 0.1) is 5.82 Å². The van der Waals surface area contributed by atoms with Crippen LogP contribution in [0.3, 0.4) is 0 Å². The van der Waals surface area contributed by atoms with Crippen molar-refractivity contribution in [2.45, 2.75) is 39.2 Å². The van der Waals surface area contributed by atoms with Crippen LogP contribution < -0.4 is 5.32 Å². The number of rotatable bonds is 4. The first-order chi connectivity index (χ1) is 12.5. The number of likely N-dealkylation sites (tertiary alicyclic amines) is 1. The van der Waals surface area contributed by atoms with Gasteiger partial charge in [-0.3, -0.25) is 9.20 Å². The second-order valence-electron chi connectivity index (χ2n) is 6.27. The first kappa shape index (κ1) is 18.2. The Bertz CT molecular complexity index is 812. The van der Waals surface area contributed by atoms with Crippen molar-refractivity contribution in [1.82, 2.24) is 19.6 Å². The van der Waals surface area contributed by atoms with Gasteiger partial charge in [-0.2, -0.15) is 0 Å². The smallest absolute Gasteiger partial charge is 0.409 e. The number of piperidine rings is 1. The molecule has 2 amide bonds. The number of fused-ring (bicyclic) bond motifs is 1. The zero-order valence-corrected chi connectivity index (χ0v) is 15.0. The van der Waals surface area contributed by atoms with E-state index in [2.05, 4.69) is 10.3 Å². The molecule has 3 heterocycles. The number of hydrogen-bond donors (Lipinski definition) is 1. The first-order valence-electron chi connectivity index (χ1n) is 8.92. The van der Waals surface area contributed by atoms with Gasteiger partial charge in [-0.15, -0.1) is 0 Å². The van der Waals surface area contributed by atoms with Gasteiger partial charge in [-0.25, -0.2) is 14.2 Å². The minimum absolute atomic E-state index is 0.0445. The molecule has 3 rings (SSSR count). The summed E-state index contributed by atoms with van der Waals surface area (Å²) in [7, 11) is 0. The number of carbonyl (C=O) groups is 2. The van der Waals surface area contributed by atoms with E-state index >= 15 is 0 Å². The van der Waals surface area contributed by atoms with Gasteiger partial charge in [-0.1, -0.05) is 6.92 Å². The maximum atomic E-state index is 13.6. The highest BCUT2D eigenvalue weighted by Crippen LogP contribution is 2.17. The quantitative estimate of drug-likeness (QED) is 0.906. The van der Waals surface area contributed by atoms with Crippen LogP contribution in [0.4, 0.5) is 9.18 Å². The summed E-state index contributed by atoms with van der Waals surface area (Å²) < 4.78 is 20.1. The lowest BCUT2D eigenvalue weighted by molar-refractivity contribution is 0.0855. The molecule has 1 saturated heterocycles. The monoisotopic (exact) mass is 362 g/mol. The van der Waals surface area contributed by atoms with Gasteiger partial charge in [0.05, 0.1) is 12.3 Å². The molecule has 0 saturated carbocycles. The molecule has 1 aliphatic rings. The molecule has 7 nitrogen and oxygen atoms in total. The number of aromatic nitrogens is 2. The Balaban J connectivity index is 1.70. The van der Waals surface area contributed by atoms with Crippen LogP contribution in [-0.4, -0.2) is 52.0 Å². The summed E-state index contributed by atoms with van der Waals surface area (Å²) in [4.78, 5) is 30.6. The van der Waals surface area contributed by atoms with Crippen molar-refractivity contribution in [2.24, 2.45) is 0 Å². The fraction of sp³-hybridized carbons (Fsp3) is 0.500. The third-order valence-electron chi connectivity index (χ3n) is 4.56. The normalized spacial score (nSPS) is 15.3. The van der Waals surface area contributed by atoms with Crippen LogP contribution >= 0.6 is 0 Å². The SMILES string of the molecule is CCOC(=O)N1CCC(NC(=O)c2c(CC)nc3ccc(F)cn23)CC1. The number of hydrogen-bond acceptors (Lipinski definition) is 4. The average Bonchev–Trinajstić information content (AvgIpc) is 3.00. The van der Waals surface area contributed by atoms with Crippen LogP contribution in [0.15, 0.2) is 18.3 Å². The van der Waals surface area contributed by atoms with E-state index in [9.17, 15) is 14.0 Å². The second kappa shape index (κ2) is 7.72. The molecule has 0 atom stereocenters. The lowest BCUT2D eigenvalue weighted by Crippen LogP contribution is -2.47. The number of nitrogens with zero attached hydrogens (tertiary/aromatic N) is 3. The predicted octanol–water partition coefficient (Wildman–Crippen LogP) is 2.39. The maximum Gasteiger partial charge on any atom is 0.409 e. The van der Waals surface area contributed by atoms with Crippen LogP contribution in [0.5, 0.6) is 0 Å². The summed E-state index contributed by atoms with van der Waals surface area (Å²) in [6, 6.07) is 2.84. The molecule has 2 aromatic rings. The van der Waals surface area contributed by atoms with E-state index in [1.165, 1.54) is 16.7 Å². The number of aryl methyl sites for hydroxylation is 1. The highest BCUT2D eigenvalue weighted by molar-refractivity contribution is 5.95. The highest BCUT2D eigenvalue weighted by Gasteiger charge is 2.26. The lowest BCUT2D eigenvalue weighted by atomic mass is 10.1. The number of amides is 2. The van der Waals surface area contributed by atoms with Crippen molar-refractivity contribution in [2.75, 3.05) is 19.7 Å². The highest BCUT2D eigenvalue weighted by atomic mass is 19.1. The van der Waals surface area contributed by atoms with Crippen molar-refractivity contribution >= 4 is 17.6 Å². The standard InChI is InChI=1S/C18H23FN4O3/c1-3-14-16(23-11-12(19)5-6-15(23)21-14)17(24)20-13-7-9-22(10-8-13)18(25)26-4-2/h5-6,11,13H,3-4,7-10H2,1-2H3,(H,20,24). The van der Waals surface area contributed by atoms with Gasteiger partial charge in [0.25, 0.3) is 5.91 Å². The summed E-state index contributed by atoms with van der Waals surface area (Å²) in [6.07, 6.45) is 2.84. The molecule has 0 aromatic carbocycles. The lowest BCUT2D eigenvalue weighted by Gasteiger charge is -2.31. The first-order valence-corrected chi connectivity index (χ1v) is 8.92. The number of imidazole rings is 1. The van der Waals surface area contributed by atoms with E-state index in [0.717, 1.165) is 0 Å². The average molecular weight is 362 g/mol. The van der Waals surface area contributed by atoms with Crippen molar-refractivity contribution in [3.63, 3.8) is 0 Å². The van der Waals surface area contributed by atoms with Crippen LogP contribution in [-0.2, 0) is 11.2 Å². The maximum absolute atomic E-state index is 13.6. The van der Waals surface area contributed by atoms with E-state index in [-0.39, 0.29) is 18.0 Å². The molecule has 0 spiro atoms. The van der Waals surface area contributed by atoms with E-state index in [0.29, 0.717) is 56.0 Å². The van der Waals surface area contributed by atoms with Gasteiger partial charge in [0.1, 0.15) is 17.2 Å². The molecule has 26 heavy (non-hydrogen) atoms. The van der Waals surface area contributed by atoms with Gasteiger partial charge in [-0.05, 0) is 38.3 Å². The summed E-state index contributed by atoms with van der Waals surface area (Å²) >= 11 is 0. The Morgan fingerprint density at radius 3 is 2.69 bits per heavy atom. The Morgan fingerprint density at radius 2 is 2.04 bits per heavy atom. The molecule has 0 unspecified atom stereocenters. The molecule has 1 fully saturated rings. The zero-order valence-electron chi connectivity index (χ0n) is 15.0. The molecule has 8 heteroatoms. The summed E-state index contributed by atoms with van der Waals surface area (Å²) in [5.41, 5.74) is 1.55. The van der Waals surface area contributed by atoms with Gasteiger partial charge in [0, 0.05) is 25.3 Å². The topological polar surface area (TPSA) is 75.9 Å². The van der Waals surface area contributed by atoms with Crippen molar-refractivity contribution in [3.05, 3.63) is 35.5 Å². The minimum atomic E-state index is -0.422. The third-order valence-corrected chi connectivity index (χ3v) is 4.56. The van der Waals surface area contributed by atoms with Crippen molar-refractivity contribution in [3.8, 4) is 0 Å². The molecule has 0 bridgehead atoms. The molecular formula is C18H23FN4O3. The molecule has 2 aromatic heterocycles. The van der Waals surface area contributed by atoms with Gasteiger partial charge >= 0.3 is 6.09 Å². The van der Waals surface area contributed by atoms with Crippen molar-refractivity contribution < 1.29 is 18.7 Å². The van der Waals surface area contributed by atoms with E-state index < -0.39 is 5.82 Å². The fourth-order valence-corrected chi connectivity index (χ4v) is 3.23. The third kappa shape index (κ3) is 3.63. The Morgan fingerprint density at radius 1 is 1.31 bits per heavy atom. The Kier molecular flexibility index (Phi) is 5.39. The molecule has 140 valence electrons. The van der Waals surface area contributed by atoms with Gasteiger partial charge < -0.3 is 15.0 Å². The number of halogens is 1. The van der Waals surface area contributed by atoms with Crippen LogP contribution in [0.2, 0.25) is 0 Å². The minimum Gasteiger partial charge on any atom is -0.450 e. The van der Waals surface area contributed by atoms with E-state index in [1.54, 1.807) is 17.9 Å². The van der Waals surface area contributed by atoms with E-state index in [1.807, 2.05) is 6.92 Å². The molecule has 1 N–H and O–H groups in total. The number of nitrogens with one attached hydrogen (secondary N) is 1. The summed E-state index contributed by atoms with van der Waals surface area (Å²) in [6.45, 7) is 5.10. The van der Waals surface area contributed by atoms with Gasteiger partial charge in [0.2, 0.25) is 0 Å². The summed E-state index contributed by atoms with van der Waals surface area (Å²) in [5.74, 6) is -0.691. The second-order valence-corrected chi connectivity index (χ2v) is 6.27. The number of carbonyl (C=O) groups excluding carboxylic acids is 2. The fourth-order valence-electron chi connectivity index (χ4n) is 3.23. The Labute approximate surface area is 151 Å². The van der Waals surface area contributed by atoms with Crippen LogP contribution in [0.1, 0.15) is 42.9 Å². The zero-order chi connectivity index (χ0) is 18.7. The molecular weight excluding hydrogens is 339 g/mol. The number of ether oxygens (including phenoxy) is 1. The van der Waals surface area contributed by atoms with Crippen molar-refractivity contribution in [1.29, 1.82) is 0 Å². The Hall–Kier alpha value is -2.64. The largest absolute Gasteiger partial charge is 0.450 e.